The molecule has 0 saturated carbocycles. The number of methoxy groups -OCH3 is 2. The standard InChI is InChI=1S/C20H21N3O3S/c1-13(18(24)14-5-9-16(25-3)10-6-14)27-20-22-21-19(23(20)2)15-7-11-17(26-4)12-8-15/h5-13H,1-4H3/t13-/m0/s1. The van der Waals surface area contributed by atoms with Crippen LogP contribution in [0, 0.1) is 0 Å². The van der Waals surface area contributed by atoms with E-state index in [1.165, 1.54) is 11.8 Å². The molecule has 2 aromatic carbocycles. The molecular weight excluding hydrogens is 362 g/mol. The van der Waals surface area contributed by atoms with Crippen molar-refractivity contribution in [2.45, 2.75) is 17.3 Å². The van der Waals surface area contributed by atoms with Gasteiger partial charge >= 0.3 is 0 Å². The number of carbonyl (C=O) groups excluding carboxylic acids is 1. The molecule has 0 saturated heterocycles. The molecule has 0 unspecified atom stereocenters. The number of carbonyl (C=O) groups is 1. The van der Waals surface area contributed by atoms with Gasteiger partial charge in [0.2, 0.25) is 0 Å². The fourth-order valence-electron chi connectivity index (χ4n) is 2.61. The van der Waals surface area contributed by atoms with Crippen LogP contribution in [0.3, 0.4) is 0 Å². The first-order valence-corrected chi connectivity index (χ1v) is 9.30. The van der Waals surface area contributed by atoms with Crippen molar-refractivity contribution in [1.29, 1.82) is 0 Å². The van der Waals surface area contributed by atoms with E-state index in [-0.39, 0.29) is 11.0 Å². The van der Waals surface area contributed by atoms with E-state index in [4.69, 9.17) is 9.47 Å². The lowest BCUT2D eigenvalue weighted by Crippen LogP contribution is -2.14. The van der Waals surface area contributed by atoms with Crippen LogP contribution >= 0.6 is 11.8 Å². The molecule has 0 fully saturated rings. The number of ketones is 1. The highest BCUT2D eigenvalue weighted by Crippen LogP contribution is 2.28. The molecule has 0 N–H and O–H groups in total. The number of benzene rings is 2. The van der Waals surface area contributed by atoms with E-state index in [1.807, 2.05) is 42.8 Å². The lowest BCUT2D eigenvalue weighted by molar-refractivity contribution is 0.0994. The zero-order valence-electron chi connectivity index (χ0n) is 15.7. The largest absolute Gasteiger partial charge is 0.497 e. The molecular formula is C20H21N3O3S. The van der Waals surface area contributed by atoms with Crippen LogP contribution in [0.25, 0.3) is 11.4 Å². The van der Waals surface area contributed by atoms with Crippen LogP contribution in [0.1, 0.15) is 17.3 Å². The molecule has 0 amide bonds. The Morgan fingerprint density at radius 3 is 2.07 bits per heavy atom. The number of hydrogen-bond acceptors (Lipinski definition) is 6. The van der Waals surface area contributed by atoms with Crippen molar-refractivity contribution in [2.24, 2.45) is 7.05 Å². The number of rotatable bonds is 7. The van der Waals surface area contributed by atoms with Crippen LogP contribution in [0.4, 0.5) is 0 Å². The predicted octanol–water partition coefficient (Wildman–Crippen LogP) is 3.86. The second kappa shape index (κ2) is 8.26. The fraction of sp³-hybridized carbons (Fsp3) is 0.250. The smallest absolute Gasteiger partial charge is 0.191 e. The van der Waals surface area contributed by atoms with E-state index in [9.17, 15) is 4.79 Å². The summed E-state index contributed by atoms with van der Waals surface area (Å²) < 4.78 is 12.2. The molecule has 0 spiro atoms. The first-order chi connectivity index (χ1) is 13.0. The first kappa shape index (κ1) is 19.0. The summed E-state index contributed by atoms with van der Waals surface area (Å²) >= 11 is 1.39. The molecule has 0 aliphatic carbocycles. The predicted molar refractivity (Wildman–Crippen MR) is 106 cm³/mol. The number of ether oxygens (including phenoxy) is 2. The normalized spacial score (nSPS) is 11.9. The Kier molecular flexibility index (Phi) is 5.81. The Morgan fingerprint density at radius 1 is 0.963 bits per heavy atom. The van der Waals surface area contributed by atoms with E-state index in [0.717, 1.165) is 22.9 Å². The highest BCUT2D eigenvalue weighted by molar-refractivity contribution is 8.00. The third-order valence-corrected chi connectivity index (χ3v) is 5.34. The van der Waals surface area contributed by atoms with Crippen molar-refractivity contribution in [3.8, 4) is 22.9 Å². The zero-order chi connectivity index (χ0) is 19.4. The molecule has 3 aromatic rings. The van der Waals surface area contributed by atoms with Gasteiger partial charge < -0.3 is 14.0 Å². The summed E-state index contributed by atoms with van der Waals surface area (Å²) in [4.78, 5) is 12.7. The first-order valence-electron chi connectivity index (χ1n) is 8.42. The molecule has 0 radical (unpaired) electrons. The van der Waals surface area contributed by atoms with E-state index in [1.54, 1.807) is 38.5 Å². The zero-order valence-corrected chi connectivity index (χ0v) is 16.5. The third-order valence-electron chi connectivity index (χ3n) is 4.21. The summed E-state index contributed by atoms with van der Waals surface area (Å²) in [5.41, 5.74) is 1.58. The molecule has 1 atom stereocenters. The minimum atomic E-state index is -0.287. The Morgan fingerprint density at radius 2 is 1.52 bits per heavy atom. The molecule has 3 rings (SSSR count). The van der Waals surface area contributed by atoms with Crippen molar-refractivity contribution in [3.63, 3.8) is 0 Å². The number of aromatic nitrogens is 3. The summed E-state index contributed by atoms with van der Waals surface area (Å²) in [6, 6.07) is 14.8. The number of hydrogen-bond donors (Lipinski definition) is 0. The highest BCUT2D eigenvalue weighted by Gasteiger charge is 2.20. The summed E-state index contributed by atoms with van der Waals surface area (Å²) in [6.45, 7) is 1.87. The average molecular weight is 383 g/mol. The van der Waals surface area contributed by atoms with Gasteiger partial charge in [-0.05, 0) is 55.5 Å². The Bertz CT molecular complexity index is 921. The lowest BCUT2D eigenvalue weighted by Gasteiger charge is -2.10. The van der Waals surface area contributed by atoms with E-state index in [0.29, 0.717) is 10.7 Å². The number of thioether (sulfide) groups is 1. The maximum Gasteiger partial charge on any atom is 0.191 e. The van der Waals surface area contributed by atoms with Gasteiger partial charge in [0.1, 0.15) is 11.5 Å². The highest BCUT2D eigenvalue weighted by atomic mass is 32.2. The molecule has 1 aromatic heterocycles. The van der Waals surface area contributed by atoms with Crippen molar-refractivity contribution in [3.05, 3.63) is 54.1 Å². The van der Waals surface area contributed by atoms with E-state index < -0.39 is 0 Å². The Hall–Kier alpha value is -2.80. The second-order valence-electron chi connectivity index (χ2n) is 5.95. The Labute approximate surface area is 162 Å². The summed E-state index contributed by atoms with van der Waals surface area (Å²) in [7, 11) is 5.13. The SMILES string of the molecule is COc1ccc(C(=O)[C@H](C)Sc2nnc(-c3ccc(OC)cc3)n2C)cc1. The molecule has 7 heteroatoms. The van der Waals surface area contributed by atoms with Crippen molar-refractivity contribution in [2.75, 3.05) is 14.2 Å². The van der Waals surface area contributed by atoms with Crippen LogP contribution in [-0.2, 0) is 7.05 Å². The maximum absolute atomic E-state index is 12.7. The van der Waals surface area contributed by atoms with Gasteiger partial charge in [-0.15, -0.1) is 10.2 Å². The Balaban J connectivity index is 1.74. The van der Waals surface area contributed by atoms with E-state index >= 15 is 0 Å². The molecule has 1 heterocycles. The van der Waals surface area contributed by atoms with Gasteiger partial charge in [0, 0.05) is 18.2 Å². The average Bonchev–Trinajstić information content (AvgIpc) is 3.07. The van der Waals surface area contributed by atoms with Gasteiger partial charge in [0.15, 0.2) is 16.8 Å². The second-order valence-corrected chi connectivity index (χ2v) is 7.25. The van der Waals surface area contributed by atoms with Crippen molar-refractivity contribution in [1.82, 2.24) is 14.8 Å². The molecule has 0 aliphatic heterocycles. The summed E-state index contributed by atoms with van der Waals surface area (Å²) in [5.74, 6) is 2.29. The molecule has 6 nitrogen and oxygen atoms in total. The number of nitrogens with zero attached hydrogens (tertiary/aromatic N) is 3. The van der Waals surface area contributed by atoms with Crippen LogP contribution in [-0.4, -0.2) is 40.0 Å². The van der Waals surface area contributed by atoms with Crippen molar-refractivity contribution >= 4 is 17.5 Å². The van der Waals surface area contributed by atoms with Crippen molar-refractivity contribution < 1.29 is 14.3 Å². The van der Waals surface area contributed by atoms with Gasteiger partial charge in [-0.25, -0.2) is 0 Å². The lowest BCUT2D eigenvalue weighted by atomic mass is 10.1. The summed E-state index contributed by atoms with van der Waals surface area (Å²) in [5, 5.41) is 8.93. The molecule has 27 heavy (non-hydrogen) atoms. The van der Waals surface area contributed by atoms with Gasteiger partial charge in [-0.1, -0.05) is 11.8 Å². The summed E-state index contributed by atoms with van der Waals surface area (Å²) in [6.07, 6.45) is 0. The minimum absolute atomic E-state index is 0.0386. The van der Waals surface area contributed by atoms with Gasteiger partial charge in [0.05, 0.1) is 19.5 Å². The van der Waals surface area contributed by atoms with Crippen LogP contribution < -0.4 is 9.47 Å². The molecule has 0 bridgehead atoms. The van der Waals surface area contributed by atoms with Crippen LogP contribution in [0.2, 0.25) is 0 Å². The molecule has 0 aliphatic rings. The van der Waals surface area contributed by atoms with Crippen LogP contribution in [0.5, 0.6) is 11.5 Å². The van der Waals surface area contributed by atoms with Crippen LogP contribution in [0.15, 0.2) is 53.7 Å². The minimum Gasteiger partial charge on any atom is -0.497 e. The van der Waals surface area contributed by atoms with E-state index in [2.05, 4.69) is 10.2 Å². The van der Waals surface area contributed by atoms with Gasteiger partial charge in [-0.2, -0.15) is 0 Å². The third kappa shape index (κ3) is 4.14. The monoisotopic (exact) mass is 383 g/mol. The van der Waals surface area contributed by atoms with Gasteiger partial charge in [0.25, 0.3) is 0 Å². The topological polar surface area (TPSA) is 66.2 Å². The van der Waals surface area contributed by atoms with Gasteiger partial charge in [-0.3, -0.25) is 4.79 Å². The quantitative estimate of drug-likeness (QED) is 0.456. The molecule has 140 valence electrons. The number of Topliss-reactive ketones (excluding diaryl/α,β-unsaturated/α-hetero) is 1. The fourth-order valence-corrected chi connectivity index (χ4v) is 3.50. The maximum atomic E-state index is 12.7.